The number of hydrogen-bond donors (Lipinski definition) is 1. The zero-order chi connectivity index (χ0) is 12.6. The third-order valence-electron chi connectivity index (χ3n) is 2.60. The molecule has 0 aromatic carbocycles. The molecule has 0 saturated carbocycles. The quantitative estimate of drug-likeness (QED) is 0.376. The summed E-state index contributed by atoms with van der Waals surface area (Å²) in [6.45, 7) is 0. The first-order chi connectivity index (χ1) is 8.88. The average Bonchev–Trinajstić information content (AvgIpc) is 2.84. The number of thiazole rings is 1. The molecular formula is C13H15N3OS. The van der Waals surface area contributed by atoms with Crippen LogP contribution in [0.5, 0.6) is 0 Å². The van der Waals surface area contributed by atoms with E-state index in [4.69, 9.17) is 5.21 Å². The van der Waals surface area contributed by atoms with E-state index in [9.17, 15) is 0 Å². The highest BCUT2D eigenvalue weighted by molar-refractivity contribution is 7.13. The van der Waals surface area contributed by atoms with Gasteiger partial charge in [0.05, 0.1) is 0 Å². The second kappa shape index (κ2) is 6.86. The van der Waals surface area contributed by atoms with Crippen LogP contribution >= 0.6 is 11.3 Å². The summed E-state index contributed by atoms with van der Waals surface area (Å²) in [7, 11) is 0. The van der Waals surface area contributed by atoms with E-state index in [1.54, 1.807) is 17.5 Å². The fourth-order valence-corrected chi connectivity index (χ4v) is 2.55. The molecule has 2 rings (SSSR count). The van der Waals surface area contributed by atoms with Crippen molar-refractivity contribution in [1.82, 2.24) is 9.97 Å². The molecular weight excluding hydrogens is 246 g/mol. The van der Waals surface area contributed by atoms with Crippen molar-refractivity contribution in [2.24, 2.45) is 5.16 Å². The molecule has 0 fully saturated rings. The Bertz CT molecular complexity index is 496. The third-order valence-corrected chi connectivity index (χ3v) is 3.59. The van der Waals surface area contributed by atoms with Crippen LogP contribution in [0, 0.1) is 0 Å². The van der Waals surface area contributed by atoms with Gasteiger partial charge in [0.25, 0.3) is 0 Å². The van der Waals surface area contributed by atoms with Gasteiger partial charge in [0.2, 0.25) is 0 Å². The van der Waals surface area contributed by atoms with Crippen molar-refractivity contribution in [3.05, 3.63) is 46.2 Å². The molecule has 18 heavy (non-hydrogen) atoms. The topological polar surface area (TPSA) is 58.4 Å². The Morgan fingerprint density at radius 1 is 1.28 bits per heavy atom. The fourth-order valence-electron chi connectivity index (χ4n) is 1.72. The lowest BCUT2D eigenvalue weighted by Gasteiger charge is -1.99. The number of nitrogens with zero attached hydrogens (tertiary/aromatic N) is 3. The van der Waals surface area contributed by atoms with Crippen LogP contribution in [0.3, 0.4) is 0 Å². The van der Waals surface area contributed by atoms with Gasteiger partial charge in [-0.2, -0.15) is 0 Å². The van der Waals surface area contributed by atoms with E-state index in [2.05, 4.69) is 21.2 Å². The lowest BCUT2D eigenvalue weighted by molar-refractivity contribution is 0.322. The zero-order valence-corrected chi connectivity index (χ0v) is 10.8. The van der Waals surface area contributed by atoms with Crippen molar-refractivity contribution in [3.8, 4) is 0 Å². The highest BCUT2D eigenvalue weighted by Crippen LogP contribution is 2.15. The maximum Gasteiger partial charge on any atom is 0.137 e. The molecule has 0 aliphatic heterocycles. The smallest absolute Gasteiger partial charge is 0.137 e. The summed E-state index contributed by atoms with van der Waals surface area (Å²) in [5.41, 5.74) is 1.29. The Balaban J connectivity index is 1.72. The molecule has 0 saturated heterocycles. The second-order valence-corrected chi connectivity index (χ2v) is 5.12. The van der Waals surface area contributed by atoms with E-state index in [1.165, 1.54) is 16.7 Å². The standard InChI is InChI=1S/C13H15N3OS/c17-16-10-13-15-9-12(18-13)6-2-1-4-11-5-3-7-14-8-11/h3,5,7-10,17H,1-2,4,6H2/b16-10-. The highest BCUT2D eigenvalue weighted by atomic mass is 32.1. The van der Waals surface area contributed by atoms with Crippen LogP contribution in [-0.4, -0.2) is 21.4 Å². The number of hydrogen-bond acceptors (Lipinski definition) is 5. The van der Waals surface area contributed by atoms with Gasteiger partial charge in [-0.05, 0) is 37.3 Å². The summed E-state index contributed by atoms with van der Waals surface area (Å²) >= 11 is 1.57. The number of aromatic nitrogens is 2. The van der Waals surface area contributed by atoms with Crippen LogP contribution in [0.25, 0.3) is 0 Å². The minimum absolute atomic E-state index is 0.750. The van der Waals surface area contributed by atoms with Crippen molar-refractivity contribution in [2.75, 3.05) is 0 Å². The fraction of sp³-hybridized carbons (Fsp3) is 0.308. The van der Waals surface area contributed by atoms with E-state index in [-0.39, 0.29) is 0 Å². The van der Waals surface area contributed by atoms with Crippen LogP contribution in [0.4, 0.5) is 0 Å². The highest BCUT2D eigenvalue weighted by Gasteiger charge is 2.00. The predicted octanol–water partition coefficient (Wildman–Crippen LogP) is 2.91. The summed E-state index contributed by atoms with van der Waals surface area (Å²) < 4.78 is 0. The van der Waals surface area contributed by atoms with Gasteiger partial charge in [0.15, 0.2) is 0 Å². The summed E-state index contributed by atoms with van der Waals surface area (Å²) in [5.74, 6) is 0. The zero-order valence-electron chi connectivity index (χ0n) is 9.99. The van der Waals surface area contributed by atoms with Gasteiger partial charge in [-0.25, -0.2) is 4.98 Å². The van der Waals surface area contributed by atoms with E-state index >= 15 is 0 Å². The summed E-state index contributed by atoms with van der Waals surface area (Å²) in [6.07, 6.45) is 11.3. The molecule has 0 aliphatic rings. The number of rotatable bonds is 6. The third kappa shape index (κ3) is 3.92. The lowest BCUT2D eigenvalue weighted by Crippen LogP contribution is -1.88. The Labute approximate surface area is 110 Å². The molecule has 1 N–H and O–H groups in total. The van der Waals surface area contributed by atoms with Gasteiger partial charge in [-0.3, -0.25) is 4.98 Å². The summed E-state index contributed by atoms with van der Waals surface area (Å²) in [4.78, 5) is 9.47. The van der Waals surface area contributed by atoms with Crippen molar-refractivity contribution >= 4 is 17.6 Å². The summed E-state index contributed by atoms with van der Waals surface area (Å²) in [6, 6.07) is 4.08. The average molecular weight is 261 g/mol. The first kappa shape index (κ1) is 12.7. The van der Waals surface area contributed by atoms with Crippen LogP contribution in [0.15, 0.2) is 35.9 Å². The molecule has 2 aromatic rings. The minimum Gasteiger partial charge on any atom is -0.411 e. The van der Waals surface area contributed by atoms with Gasteiger partial charge < -0.3 is 5.21 Å². The molecule has 0 spiro atoms. The van der Waals surface area contributed by atoms with Gasteiger partial charge >= 0.3 is 0 Å². The second-order valence-electron chi connectivity index (χ2n) is 3.98. The van der Waals surface area contributed by atoms with E-state index < -0.39 is 0 Å². The maximum atomic E-state index is 8.40. The molecule has 4 nitrogen and oxygen atoms in total. The van der Waals surface area contributed by atoms with Crippen molar-refractivity contribution in [3.63, 3.8) is 0 Å². The molecule has 0 radical (unpaired) electrons. The molecule has 2 heterocycles. The van der Waals surface area contributed by atoms with Crippen LogP contribution in [-0.2, 0) is 12.8 Å². The van der Waals surface area contributed by atoms with Crippen LogP contribution in [0.2, 0.25) is 0 Å². The Morgan fingerprint density at radius 2 is 2.17 bits per heavy atom. The number of pyridine rings is 1. The molecule has 0 unspecified atom stereocenters. The Morgan fingerprint density at radius 3 is 2.94 bits per heavy atom. The molecule has 5 heteroatoms. The van der Waals surface area contributed by atoms with E-state index in [1.807, 2.05) is 18.5 Å². The minimum atomic E-state index is 0.750. The number of oxime groups is 1. The van der Waals surface area contributed by atoms with Crippen molar-refractivity contribution in [1.29, 1.82) is 0 Å². The Hall–Kier alpha value is -1.75. The first-order valence-electron chi connectivity index (χ1n) is 5.89. The molecule has 2 aromatic heterocycles. The molecule has 0 aliphatic carbocycles. The predicted molar refractivity (Wildman–Crippen MR) is 72.4 cm³/mol. The maximum absolute atomic E-state index is 8.40. The van der Waals surface area contributed by atoms with Gasteiger partial charge in [-0.15, -0.1) is 11.3 Å². The first-order valence-corrected chi connectivity index (χ1v) is 6.71. The van der Waals surface area contributed by atoms with E-state index in [0.29, 0.717) is 0 Å². The monoisotopic (exact) mass is 261 g/mol. The van der Waals surface area contributed by atoms with Crippen LogP contribution in [0.1, 0.15) is 28.3 Å². The molecule has 0 atom stereocenters. The van der Waals surface area contributed by atoms with Gasteiger partial charge in [-0.1, -0.05) is 11.2 Å². The van der Waals surface area contributed by atoms with Gasteiger partial charge in [0, 0.05) is 23.5 Å². The van der Waals surface area contributed by atoms with Gasteiger partial charge in [0.1, 0.15) is 11.2 Å². The lowest BCUT2D eigenvalue weighted by atomic mass is 10.1. The molecule has 94 valence electrons. The number of unbranched alkanes of at least 4 members (excludes halogenated alkanes) is 1. The summed E-state index contributed by atoms with van der Waals surface area (Å²) in [5, 5.41) is 12.1. The molecule has 0 amide bonds. The van der Waals surface area contributed by atoms with Crippen LogP contribution < -0.4 is 0 Å². The number of aryl methyl sites for hydroxylation is 2. The van der Waals surface area contributed by atoms with Crippen molar-refractivity contribution < 1.29 is 5.21 Å². The van der Waals surface area contributed by atoms with E-state index in [0.717, 1.165) is 30.7 Å². The normalized spacial score (nSPS) is 11.1. The molecule has 0 bridgehead atoms. The Kier molecular flexibility index (Phi) is 4.84. The van der Waals surface area contributed by atoms with Crippen molar-refractivity contribution in [2.45, 2.75) is 25.7 Å². The largest absolute Gasteiger partial charge is 0.411 e. The SMILES string of the molecule is O/N=C\c1ncc(CCCCc2cccnc2)s1.